The van der Waals surface area contributed by atoms with Gasteiger partial charge in [-0.1, -0.05) is 11.2 Å². The van der Waals surface area contributed by atoms with Gasteiger partial charge in [0.25, 0.3) is 16.0 Å². The van der Waals surface area contributed by atoms with Crippen molar-refractivity contribution in [2.45, 2.75) is 44.2 Å². The van der Waals surface area contributed by atoms with Gasteiger partial charge in [-0.05, 0) is 25.5 Å². The van der Waals surface area contributed by atoms with Gasteiger partial charge < -0.3 is 14.2 Å². The average molecular weight is 449 g/mol. The molecule has 2 aromatic rings. The zero-order chi connectivity index (χ0) is 22.3. The van der Waals surface area contributed by atoms with Crippen molar-refractivity contribution in [1.29, 1.82) is 0 Å². The zero-order valence-corrected chi connectivity index (χ0v) is 17.2. The number of carbonyl (C=O) groups is 3. The number of fused-ring (bicyclic) bond motifs is 1. The summed E-state index contributed by atoms with van der Waals surface area (Å²) < 4.78 is 42.4. The van der Waals surface area contributed by atoms with Gasteiger partial charge in [-0.3, -0.25) is 24.3 Å². The van der Waals surface area contributed by atoms with Crippen LogP contribution in [0.3, 0.4) is 0 Å². The van der Waals surface area contributed by atoms with E-state index in [0.29, 0.717) is 16.9 Å². The van der Waals surface area contributed by atoms with Crippen LogP contribution in [0.4, 0.5) is 0 Å². The SMILES string of the molecule is CC(c1cc(COc2cccc3c2CN(C2CCC(=O)NC2=O)C3=O)on1)S(=O)(=O)O. The molecule has 3 heterocycles. The topological polar surface area (TPSA) is 156 Å². The summed E-state index contributed by atoms with van der Waals surface area (Å²) in [6.07, 6.45) is 0.420. The van der Waals surface area contributed by atoms with E-state index in [-0.39, 0.29) is 49.3 Å². The Bertz CT molecular complexity index is 1170. The second-order valence-corrected chi connectivity index (χ2v) is 9.08. The number of aromatic nitrogens is 1. The first-order valence-corrected chi connectivity index (χ1v) is 11.0. The van der Waals surface area contributed by atoms with Gasteiger partial charge in [0.1, 0.15) is 29.3 Å². The number of carbonyl (C=O) groups excluding carboxylic acids is 3. The minimum absolute atomic E-state index is 0.0404. The predicted octanol–water partition coefficient (Wildman–Crippen LogP) is 0.963. The molecule has 164 valence electrons. The van der Waals surface area contributed by atoms with Gasteiger partial charge in [0.15, 0.2) is 5.76 Å². The Hall–Kier alpha value is -3.25. The summed E-state index contributed by atoms with van der Waals surface area (Å²) >= 11 is 0. The van der Waals surface area contributed by atoms with Crippen LogP contribution in [-0.2, 0) is 32.9 Å². The molecule has 0 spiro atoms. The predicted molar refractivity (Wildman–Crippen MR) is 103 cm³/mol. The summed E-state index contributed by atoms with van der Waals surface area (Å²) in [7, 11) is -4.31. The lowest BCUT2D eigenvalue weighted by molar-refractivity contribution is -0.136. The van der Waals surface area contributed by atoms with E-state index in [2.05, 4.69) is 10.5 Å². The highest BCUT2D eigenvalue weighted by molar-refractivity contribution is 7.86. The fourth-order valence-electron chi connectivity index (χ4n) is 3.58. The molecule has 2 aliphatic heterocycles. The van der Waals surface area contributed by atoms with Crippen LogP contribution in [0.1, 0.15) is 52.4 Å². The van der Waals surface area contributed by atoms with Crippen molar-refractivity contribution in [2.24, 2.45) is 0 Å². The van der Waals surface area contributed by atoms with Crippen LogP contribution < -0.4 is 10.1 Å². The molecule has 2 unspecified atom stereocenters. The summed E-state index contributed by atoms with van der Waals surface area (Å²) in [5.41, 5.74) is 1.04. The molecule has 4 rings (SSSR count). The van der Waals surface area contributed by atoms with E-state index in [4.69, 9.17) is 13.8 Å². The van der Waals surface area contributed by atoms with Crippen LogP contribution in [-0.4, -0.2) is 46.8 Å². The maximum Gasteiger partial charge on any atom is 0.273 e. The third-order valence-electron chi connectivity index (χ3n) is 5.35. The van der Waals surface area contributed by atoms with Crippen LogP contribution in [0.25, 0.3) is 0 Å². The Kier molecular flexibility index (Phi) is 5.27. The number of amides is 3. The highest BCUT2D eigenvalue weighted by Crippen LogP contribution is 2.34. The fourth-order valence-corrected chi connectivity index (χ4v) is 4.00. The Morgan fingerprint density at radius 1 is 1.35 bits per heavy atom. The number of benzene rings is 1. The van der Waals surface area contributed by atoms with Gasteiger partial charge in [0, 0.05) is 23.6 Å². The van der Waals surface area contributed by atoms with Crippen molar-refractivity contribution in [2.75, 3.05) is 0 Å². The molecule has 2 N–H and O–H groups in total. The summed E-state index contributed by atoms with van der Waals surface area (Å²) in [4.78, 5) is 37.8. The number of imide groups is 1. The van der Waals surface area contributed by atoms with E-state index in [9.17, 15) is 22.8 Å². The molecule has 1 saturated heterocycles. The smallest absolute Gasteiger partial charge is 0.273 e. The minimum atomic E-state index is -4.31. The van der Waals surface area contributed by atoms with E-state index in [0.717, 1.165) is 0 Å². The Morgan fingerprint density at radius 2 is 2.13 bits per heavy atom. The number of rotatable bonds is 6. The molecular weight excluding hydrogens is 430 g/mol. The average Bonchev–Trinajstić information content (AvgIpc) is 3.30. The van der Waals surface area contributed by atoms with Crippen molar-refractivity contribution in [3.63, 3.8) is 0 Å². The molecule has 2 aliphatic rings. The standard InChI is InChI=1S/C19H19N3O8S/c1-10(31(26,27)28)14-7-11(30-21-14)9-29-16-4-2-3-12-13(16)8-22(19(12)25)15-5-6-17(23)20-18(15)24/h2-4,7,10,15H,5-6,8-9H2,1H3,(H,20,23,24)(H,26,27,28). The molecule has 1 aromatic heterocycles. The molecule has 12 heteroatoms. The van der Waals surface area contributed by atoms with Crippen LogP contribution in [0, 0.1) is 0 Å². The maximum atomic E-state index is 12.8. The molecule has 1 fully saturated rings. The molecule has 3 amide bonds. The van der Waals surface area contributed by atoms with Gasteiger partial charge in [0.2, 0.25) is 11.8 Å². The van der Waals surface area contributed by atoms with Crippen LogP contribution in [0.5, 0.6) is 5.75 Å². The molecule has 2 atom stereocenters. The molecule has 1 aromatic carbocycles. The van der Waals surface area contributed by atoms with E-state index in [1.807, 2.05) is 0 Å². The third kappa shape index (κ3) is 4.03. The van der Waals surface area contributed by atoms with Crippen molar-refractivity contribution in [1.82, 2.24) is 15.4 Å². The van der Waals surface area contributed by atoms with Crippen molar-refractivity contribution < 1.29 is 36.6 Å². The largest absolute Gasteiger partial charge is 0.485 e. The molecule has 0 aliphatic carbocycles. The first-order chi connectivity index (χ1) is 14.6. The normalized spacial score (nSPS) is 19.9. The van der Waals surface area contributed by atoms with Crippen molar-refractivity contribution in [3.8, 4) is 5.75 Å². The number of hydrogen-bond acceptors (Lipinski definition) is 8. The van der Waals surface area contributed by atoms with E-state index in [1.165, 1.54) is 17.9 Å². The zero-order valence-electron chi connectivity index (χ0n) is 16.4. The number of nitrogens with one attached hydrogen (secondary N) is 1. The fraction of sp³-hybridized carbons (Fsp3) is 0.368. The molecule has 31 heavy (non-hydrogen) atoms. The quantitative estimate of drug-likeness (QED) is 0.484. The van der Waals surface area contributed by atoms with Crippen LogP contribution in [0.15, 0.2) is 28.8 Å². The number of hydrogen-bond donors (Lipinski definition) is 2. The molecule has 11 nitrogen and oxygen atoms in total. The first-order valence-electron chi connectivity index (χ1n) is 9.46. The summed E-state index contributed by atoms with van der Waals surface area (Å²) in [6, 6.07) is 5.58. The first kappa shape index (κ1) is 21.0. The maximum absolute atomic E-state index is 12.8. The van der Waals surface area contributed by atoms with E-state index >= 15 is 0 Å². The van der Waals surface area contributed by atoms with E-state index < -0.39 is 27.3 Å². The lowest BCUT2D eigenvalue weighted by Crippen LogP contribution is -2.52. The summed E-state index contributed by atoms with van der Waals surface area (Å²) in [6.45, 7) is 1.34. The molecule has 0 radical (unpaired) electrons. The highest BCUT2D eigenvalue weighted by Gasteiger charge is 2.40. The van der Waals surface area contributed by atoms with Gasteiger partial charge in [-0.15, -0.1) is 0 Å². The number of piperidine rings is 1. The summed E-state index contributed by atoms with van der Waals surface area (Å²) in [5.74, 6) is -0.541. The summed E-state index contributed by atoms with van der Waals surface area (Å²) in [5, 5.41) is 4.65. The van der Waals surface area contributed by atoms with Crippen molar-refractivity contribution >= 4 is 27.8 Å². The number of ether oxygens (including phenoxy) is 1. The number of nitrogens with zero attached hydrogens (tertiary/aromatic N) is 2. The van der Waals surface area contributed by atoms with Crippen LogP contribution >= 0.6 is 0 Å². The van der Waals surface area contributed by atoms with Gasteiger partial charge in [-0.2, -0.15) is 8.42 Å². The van der Waals surface area contributed by atoms with Gasteiger partial charge in [0.05, 0.1) is 6.54 Å². The Balaban J connectivity index is 1.49. The Morgan fingerprint density at radius 3 is 2.84 bits per heavy atom. The second-order valence-electron chi connectivity index (χ2n) is 7.35. The lowest BCUT2D eigenvalue weighted by atomic mass is 10.0. The Labute approximate surface area is 177 Å². The molecule has 0 bridgehead atoms. The molecular formula is C19H19N3O8S. The monoisotopic (exact) mass is 449 g/mol. The molecule has 0 saturated carbocycles. The van der Waals surface area contributed by atoms with Gasteiger partial charge >= 0.3 is 0 Å². The highest BCUT2D eigenvalue weighted by atomic mass is 32.2. The van der Waals surface area contributed by atoms with Crippen LogP contribution in [0.2, 0.25) is 0 Å². The van der Waals surface area contributed by atoms with E-state index in [1.54, 1.807) is 18.2 Å². The van der Waals surface area contributed by atoms with Gasteiger partial charge in [-0.25, -0.2) is 0 Å². The third-order valence-corrected chi connectivity index (χ3v) is 6.48. The lowest BCUT2D eigenvalue weighted by Gasteiger charge is -2.29. The van der Waals surface area contributed by atoms with Crippen molar-refractivity contribution in [3.05, 3.63) is 46.8 Å². The second kappa shape index (κ2) is 7.78. The minimum Gasteiger partial charge on any atom is -0.485 e.